The number of hydrogen-bond donors (Lipinski definition) is 7. The van der Waals surface area contributed by atoms with Gasteiger partial charge in [-0.2, -0.15) is 0 Å². The minimum Gasteiger partial charge on any atom is -0.462 e. The molecule has 0 aliphatic carbocycles. The minimum absolute atomic E-state index is 0.163. The van der Waals surface area contributed by atoms with Gasteiger partial charge in [0.05, 0.1) is 19.8 Å². The molecular weight excluding hydrogens is 865 g/mol. The van der Waals surface area contributed by atoms with Crippen LogP contribution in [0.2, 0.25) is 0 Å². The molecule has 11 unspecified atom stereocenters. The number of aliphatic hydroxyl groups is 7. The minimum atomic E-state index is -1.76. The van der Waals surface area contributed by atoms with E-state index in [-0.39, 0.29) is 26.1 Å². The smallest absolute Gasteiger partial charge is 0.306 e. The molecule has 0 radical (unpaired) electrons. The highest BCUT2D eigenvalue weighted by Gasteiger charge is 2.47. The summed E-state index contributed by atoms with van der Waals surface area (Å²) < 4.78 is 33.6. The summed E-state index contributed by atoms with van der Waals surface area (Å²) in [5, 5.41) is 72.0. The van der Waals surface area contributed by atoms with Crippen molar-refractivity contribution in [3.05, 3.63) is 24.3 Å². The molecule has 2 heterocycles. The zero-order valence-corrected chi connectivity index (χ0v) is 41.4. The molecular formula is C52H94O15. The van der Waals surface area contributed by atoms with Crippen molar-refractivity contribution in [1.29, 1.82) is 0 Å². The van der Waals surface area contributed by atoms with Crippen LogP contribution in [0.5, 0.6) is 0 Å². The molecule has 0 spiro atoms. The number of carbonyl (C=O) groups is 2. The summed E-state index contributed by atoms with van der Waals surface area (Å²) in [5.41, 5.74) is 0. The quantitative estimate of drug-likeness (QED) is 0.0178. The molecule has 2 rings (SSSR count). The lowest BCUT2D eigenvalue weighted by molar-refractivity contribution is -0.332. The monoisotopic (exact) mass is 959 g/mol. The third-order valence-electron chi connectivity index (χ3n) is 12.7. The van der Waals surface area contributed by atoms with E-state index in [1.165, 1.54) is 103 Å². The Morgan fingerprint density at radius 3 is 1.39 bits per heavy atom. The van der Waals surface area contributed by atoms with Crippen LogP contribution in [0.4, 0.5) is 0 Å². The van der Waals surface area contributed by atoms with E-state index in [4.69, 9.17) is 28.4 Å². The molecule has 0 aromatic rings. The topological polar surface area (TPSA) is 231 Å². The maximum absolute atomic E-state index is 13.0. The number of allylic oxidation sites excluding steroid dienone is 4. The van der Waals surface area contributed by atoms with Gasteiger partial charge in [-0.15, -0.1) is 0 Å². The van der Waals surface area contributed by atoms with Gasteiger partial charge >= 0.3 is 11.9 Å². The van der Waals surface area contributed by atoms with Gasteiger partial charge in [-0.25, -0.2) is 0 Å². The average molecular weight is 959 g/mol. The molecule has 2 fully saturated rings. The normalized spacial score (nSPS) is 26.1. The molecule has 15 nitrogen and oxygen atoms in total. The van der Waals surface area contributed by atoms with Crippen LogP contribution in [-0.4, -0.2) is 142 Å². The third kappa shape index (κ3) is 27.8. The molecule has 0 aromatic carbocycles. The van der Waals surface area contributed by atoms with Gasteiger partial charge in [0.25, 0.3) is 0 Å². The van der Waals surface area contributed by atoms with Gasteiger partial charge in [0.1, 0.15) is 55.4 Å². The molecule has 0 bridgehead atoms. The van der Waals surface area contributed by atoms with E-state index in [0.29, 0.717) is 12.8 Å². The number of rotatable bonds is 41. The van der Waals surface area contributed by atoms with Gasteiger partial charge in [0.2, 0.25) is 0 Å². The lowest BCUT2D eigenvalue weighted by atomic mass is 9.98. The standard InChI is InChI=1S/C52H94O15/c1-3-5-7-9-11-13-15-16-17-18-19-20-21-22-23-24-25-27-29-31-33-35-44(55)65-40(37-62-43(54)34-32-30-28-26-14-12-10-8-6-4-2)38-63-51-50(61)48(59)46(57)42(67-51)39-64-52-49(60)47(58)45(56)41(36-53)66-52/h15-16,18-19,40-42,45-53,56-61H,3-14,17,20-39H2,1-2H3/b16-15-,19-18-. The Balaban J connectivity index is 1.76. The number of esters is 2. The Kier molecular flexibility index (Phi) is 36.2. The molecule has 0 amide bonds. The van der Waals surface area contributed by atoms with Crippen LogP contribution in [-0.2, 0) is 38.0 Å². The molecule has 67 heavy (non-hydrogen) atoms. The van der Waals surface area contributed by atoms with E-state index in [9.17, 15) is 45.3 Å². The molecule has 0 aromatic heterocycles. The molecule has 7 N–H and O–H groups in total. The Labute approximate surface area is 403 Å². The van der Waals surface area contributed by atoms with E-state index in [0.717, 1.165) is 57.8 Å². The van der Waals surface area contributed by atoms with E-state index in [1.54, 1.807) is 0 Å². The maximum Gasteiger partial charge on any atom is 0.306 e. The lowest BCUT2D eigenvalue weighted by Gasteiger charge is -2.42. The first-order valence-corrected chi connectivity index (χ1v) is 26.4. The van der Waals surface area contributed by atoms with Crippen LogP contribution in [0.25, 0.3) is 0 Å². The first-order valence-electron chi connectivity index (χ1n) is 26.4. The number of ether oxygens (including phenoxy) is 6. The first-order chi connectivity index (χ1) is 32.5. The second kappa shape index (κ2) is 39.7. The second-order valence-electron chi connectivity index (χ2n) is 18.7. The maximum atomic E-state index is 13.0. The van der Waals surface area contributed by atoms with Gasteiger partial charge in [0, 0.05) is 12.8 Å². The summed E-state index contributed by atoms with van der Waals surface area (Å²) in [6.45, 7) is 2.57. The van der Waals surface area contributed by atoms with Crippen LogP contribution in [0.1, 0.15) is 200 Å². The van der Waals surface area contributed by atoms with Gasteiger partial charge in [0.15, 0.2) is 18.7 Å². The summed E-state index contributed by atoms with van der Waals surface area (Å²) in [6.07, 6.45) is 23.6. The fourth-order valence-electron chi connectivity index (χ4n) is 8.31. The van der Waals surface area contributed by atoms with E-state index >= 15 is 0 Å². The summed E-state index contributed by atoms with van der Waals surface area (Å²) in [4.78, 5) is 25.7. The number of unbranched alkanes of at least 4 members (excludes halogenated alkanes) is 23. The fourth-order valence-corrected chi connectivity index (χ4v) is 8.31. The van der Waals surface area contributed by atoms with E-state index < -0.39 is 92.7 Å². The number of carbonyl (C=O) groups excluding carboxylic acids is 2. The number of aliphatic hydroxyl groups excluding tert-OH is 7. The van der Waals surface area contributed by atoms with Gasteiger partial charge in [-0.1, -0.05) is 167 Å². The Morgan fingerprint density at radius 2 is 0.896 bits per heavy atom. The predicted octanol–water partition coefficient (Wildman–Crippen LogP) is 7.55. The summed E-state index contributed by atoms with van der Waals surface area (Å²) >= 11 is 0. The molecule has 2 aliphatic heterocycles. The van der Waals surface area contributed by atoms with E-state index in [2.05, 4.69) is 38.2 Å². The van der Waals surface area contributed by atoms with Crippen molar-refractivity contribution in [2.75, 3.05) is 26.4 Å². The zero-order chi connectivity index (χ0) is 48.9. The van der Waals surface area contributed by atoms with Crippen LogP contribution in [0.3, 0.4) is 0 Å². The van der Waals surface area contributed by atoms with Crippen molar-refractivity contribution in [2.24, 2.45) is 0 Å². The van der Waals surface area contributed by atoms with Crippen molar-refractivity contribution in [3.63, 3.8) is 0 Å². The van der Waals surface area contributed by atoms with Crippen molar-refractivity contribution >= 4 is 11.9 Å². The van der Waals surface area contributed by atoms with Crippen molar-refractivity contribution < 1.29 is 73.8 Å². The largest absolute Gasteiger partial charge is 0.462 e. The van der Waals surface area contributed by atoms with Crippen molar-refractivity contribution in [2.45, 2.75) is 268 Å². The molecule has 2 aliphatic rings. The predicted molar refractivity (Wildman–Crippen MR) is 257 cm³/mol. The van der Waals surface area contributed by atoms with Crippen molar-refractivity contribution in [3.8, 4) is 0 Å². The summed E-state index contributed by atoms with van der Waals surface area (Å²) in [5.74, 6) is -0.925. The summed E-state index contributed by atoms with van der Waals surface area (Å²) in [6, 6.07) is 0. The summed E-state index contributed by atoms with van der Waals surface area (Å²) in [7, 11) is 0. The highest BCUT2D eigenvalue weighted by atomic mass is 16.7. The Bertz CT molecular complexity index is 1270. The highest BCUT2D eigenvalue weighted by Crippen LogP contribution is 2.26. The van der Waals surface area contributed by atoms with Crippen molar-refractivity contribution in [1.82, 2.24) is 0 Å². The Hall–Kier alpha value is -2.02. The average Bonchev–Trinajstić information content (AvgIpc) is 3.32. The molecule has 392 valence electrons. The SMILES string of the molecule is CCCCCCC/C=C\C/C=C\CCCCCCCCCCCC(=O)OC(COC(=O)CCCCCCCCCCCC)COC1OC(COC2OC(CO)C(O)C(O)C2O)C(O)C(O)C1O. The van der Waals surface area contributed by atoms with Gasteiger partial charge in [-0.3, -0.25) is 9.59 Å². The fraction of sp³-hybridized carbons (Fsp3) is 0.885. The van der Waals surface area contributed by atoms with Crippen LogP contribution >= 0.6 is 0 Å². The van der Waals surface area contributed by atoms with E-state index in [1.807, 2.05) is 0 Å². The van der Waals surface area contributed by atoms with Crippen LogP contribution in [0, 0.1) is 0 Å². The molecule has 0 saturated carbocycles. The van der Waals surface area contributed by atoms with Crippen LogP contribution in [0.15, 0.2) is 24.3 Å². The lowest BCUT2D eigenvalue weighted by Crippen LogP contribution is -2.61. The molecule has 2 saturated heterocycles. The highest BCUT2D eigenvalue weighted by molar-refractivity contribution is 5.70. The van der Waals surface area contributed by atoms with Gasteiger partial charge in [-0.05, 0) is 44.9 Å². The first kappa shape index (κ1) is 61.1. The second-order valence-corrected chi connectivity index (χ2v) is 18.7. The molecule has 11 atom stereocenters. The van der Waals surface area contributed by atoms with Crippen LogP contribution < -0.4 is 0 Å². The number of hydrogen-bond acceptors (Lipinski definition) is 15. The zero-order valence-electron chi connectivity index (χ0n) is 41.4. The van der Waals surface area contributed by atoms with Gasteiger partial charge < -0.3 is 64.2 Å². The Morgan fingerprint density at radius 1 is 0.478 bits per heavy atom. The molecule has 15 heteroatoms. The third-order valence-corrected chi connectivity index (χ3v) is 12.7.